The minimum Gasteiger partial charge on any atom is -0.314 e. The highest BCUT2D eigenvalue weighted by atomic mass is 32.2. The molecule has 0 radical (unpaired) electrons. The Balaban J connectivity index is 1.92. The van der Waals surface area contributed by atoms with Gasteiger partial charge in [-0.05, 0) is 32.2 Å². The molecular weight excluding hydrogens is 264 g/mol. The minimum absolute atomic E-state index is 0.0418. The first-order valence-corrected chi connectivity index (χ1v) is 8.24. The summed E-state index contributed by atoms with van der Waals surface area (Å²) < 4.78 is 28.6. The van der Waals surface area contributed by atoms with Gasteiger partial charge < -0.3 is 5.32 Å². The third-order valence-electron chi connectivity index (χ3n) is 3.53. The molecule has 108 valence electrons. The van der Waals surface area contributed by atoms with E-state index >= 15 is 0 Å². The highest BCUT2D eigenvalue weighted by Crippen LogP contribution is 2.20. The van der Waals surface area contributed by atoms with Crippen molar-refractivity contribution in [2.45, 2.75) is 49.6 Å². The van der Waals surface area contributed by atoms with Gasteiger partial charge in [-0.2, -0.15) is 5.10 Å². The average Bonchev–Trinajstić information content (AvgIpc) is 2.79. The molecule has 7 heteroatoms. The summed E-state index contributed by atoms with van der Waals surface area (Å²) in [6, 6.07) is 0.573. The number of hydrogen-bond donors (Lipinski definition) is 2. The number of hydrogen-bond acceptors (Lipinski definition) is 4. The van der Waals surface area contributed by atoms with Gasteiger partial charge in [0.15, 0.2) is 0 Å². The maximum atomic E-state index is 12.1. The molecule has 1 aromatic heterocycles. The summed E-state index contributed by atoms with van der Waals surface area (Å²) in [5, 5.41) is 7.31. The van der Waals surface area contributed by atoms with Crippen LogP contribution >= 0.6 is 0 Å². The van der Waals surface area contributed by atoms with Crippen molar-refractivity contribution in [2.24, 2.45) is 7.05 Å². The maximum Gasteiger partial charge on any atom is 0.243 e. The van der Waals surface area contributed by atoms with Crippen molar-refractivity contribution in [3.05, 3.63) is 12.4 Å². The molecule has 2 rings (SSSR count). The van der Waals surface area contributed by atoms with Crippen molar-refractivity contribution in [3.63, 3.8) is 0 Å². The van der Waals surface area contributed by atoms with Crippen molar-refractivity contribution in [2.75, 3.05) is 6.54 Å². The van der Waals surface area contributed by atoms with Crippen LogP contribution < -0.4 is 10.0 Å². The van der Waals surface area contributed by atoms with E-state index in [2.05, 4.69) is 22.1 Å². The van der Waals surface area contributed by atoms with Crippen LogP contribution in [0.25, 0.3) is 0 Å². The molecule has 1 heterocycles. The number of aryl methyl sites for hydroxylation is 1. The Morgan fingerprint density at radius 1 is 1.32 bits per heavy atom. The lowest BCUT2D eigenvalue weighted by Gasteiger charge is -2.29. The molecule has 0 aromatic carbocycles. The van der Waals surface area contributed by atoms with Gasteiger partial charge in [0.05, 0.1) is 6.20 Å². The quantitative estimate of drug-likeness (QED) is 0.832. The normalized spacial score (nSPS) is 24.5. The summed E-state index contributed by atoms with van der Waals surface area (Å²) in [4.78, 5) is 0.240. The van der Waals surface area contributed by atoms with Crippen molar-refractivity contribution >= 4 is 10.0 Å². The van der Waals surface area contributed by atoms with Gasteiger partial charge in [-0.3, -0.25) is 4.68 Å². The third kappa shape index (κ3) is 3.77. The fraction of sp³-hybridized carbons (Fsp3) is 0.750. The Morgan fingerprint density at radius 2 is 1.95 bits per heavy atom. The van der Waals surface area contributed by atoms with Crippen molar-refractivity contribution in [3.8, 4) is 0 Å². The van der Waals surface area contributed by atoms with Crippen molar-refractivity contribution < 1.29 is 8.42 Å². The Morgan fingerprint density at radius 3 is 2.47 bits per heavy atom. The first-order chi connectivity index (χ1) is 9.01. The Hall–Kier alpha value is -0.920. The lowest BCUT2D eigenvalue weighted by atomic mass is 9.92. The predicted molar refractivity (Wildman–Crippen MR) is 73.3 cm³/mol. The minimum atomic E-state index is -3.42. The van der Waals surface area contributed by atoms with E-state index in [0.29, 0.717) is 6.04 Å². The van der Waals surface area contributed by atoms with E-state index in [4.69, 9.17) is 0 Å². The van der Waals surface area contributed by atoms with E-state index in [1.807, 2.05) is 0 Å². The zero-order chi connectivity index (χ0) is 13.9. The lowest BCUT2D eigenvalue weighted by Crippen LogP contribution is -2.42. The summed E-state index contributed by atoms with van der Waals surface area (Å²) in [6.07, 6.45) is 6.72. The number of nitrogens with zero attached hydrogens (tertiary/aromatic N) is 2. The van der Waals surface area contributed by atoms with Gasteiger partial charge in [-0.1, -0.05) is 6.92 Å². The summed E-state index contributed by atoms with van der Waals surface area (Å²) in [5.74, 6) is 0. The van der Waals surface area contributed by atoms with Gasteiger partial charge in [-0.15, -0.1) is 0 Å². The molecule has 0 bridgehead atoms. The molecule has 0 unspecified atom stereocenters. The number of nitrogens with one attached hydrogen (secondary N) is 2. The molecule has 2 N–H and O–H groups in total. The largest absolute Gasteiger partial charge is 0.314 e. The molecule has 0 atom stereocenters. The van der Waals surface area contributed by atoms with Crippen LogP contribution in [0.15, 0.2) is 17.3 Å². The number of sulfonamides is 1. The molecule has 0 amide bonds. The van der Waals surface area contributed by atoms with Gasteiger partial charge >= 0.3 is 0 Å². The fourth-order valence-electron chi connectivity index (χ4n) is 2.53. The lowest BCUT2D eigenvalue weighted by molar-refractivity contribution is 0.333. The molecule has 19 heavy (non-hydrogen) atoms. The highest BCUT2D eigenvalue weighted by Gasteiger charge is 2.25. The molecule has 1 aliphatic rings. The number of rotatable bonds is 5. The standard InChI is InChI=1S/C12H22N4O2S/c1-3-13-10-4-6-11(7-5-10)15-19(17,18)12-8-14-16(2)9-12/h8-11,13,15H,3-7H2,1-2H3. The number of aromatic nitrogens is 2. The second kappa shape index (κ2) is 6.02. The zero-order valence-corrected chi connectivity index (χ0v) is 12.3. The van der Waals surface area contributed by atoms with Crippen LogP contribution in [0.2, 0.25) is 0 Å². The maximum absolute atomic E-state index is 12.1. The van der Waals surface area contributed by atoms with Crippen LogP contribution in [0.1, 0.15) is 32.6 Å². The second-order valence-corrected chi connectivity index (χ2v) is 6.79. The van der Waals surface area contributed by atoms with Crippen LogP contribution in [-0.4, -0.2) is 36.8 Å². The molecule has 1 aliphatic carbocycles. The second-order valence-electron chi connectivity index (χ2n) is 5.08. The Kier molecular flexibility index (Phi) is 4.59. The van der Waals surface area contributed by atoms with E-state index in [1.54, 1.807) is 7.05 Å². The third-order valence-corrected chi connectivity index (χ3v) is 5.01. The molecular formula is C12H22N4O2S. The highest BCUT2D eigenvalue weighted by molar-refractivity contribution is 7.89. The molecule has 0 aliphatic heterocycles. The van der Waals surface area contributed by atoms with E-state index in [-0.39, 0.29) is 10.9 Å². The summed E-state index contributed by atoms with van der Waals surface area (Å²) in [7, 11) is -1.71. The Bertz CT molecular complexity index is 504. The summed E-state index contributed by atoms with van der Waals surface area (Å²) in [6.45, 7) is 3.06. The topological polar surface area (TPSA) is 76.0 Å². The molecule has 1 fully saturated rings. The van der Waals surface area contributed by atoms with E-state index in [0.717, 1.165) is 32.2 Å². The summed E-state index contributed by atoms with van der Waals surface area (Å²) >= 11 is 0. The summed E-state index contributed by atoms with van der Waals surface area (Å²) in [5.41, 5.74) is 0. The van der Waals surface area contributed by atoms with Crippen molar-refractivity contribution in [1.82, 2.24) is 19.8 Å². The van der Waals surface area contributed by atoms with Gasteiger partial charge in [0, 0.05) is 25.3 Å². The van der Waals surface area contributed by atoms with Gasteiger partial charge in [-0.25, -0.2) is 13.1 Å². The average molecular weight is 286 g/mol. The first-order valence-electron chi connectivity index (χ1n) is 6.75. The molecule has 0 saturated heterocycles. The molecule has 6 nitrogen and oxygen atoms in total. The van der Waals surface area contributed by atoms with Crippen LogP contribution in [-0.2, 0) is 17.1 Å². The van der Waals surface area contributed by atoms with E-state index < -0.39 is 10.0 Å². The van der Waals surface area contributed by atoms with Gasteiger partial charge in [0.25, 0.3) is 0 Å². The van der Waals surface area contributed by atoms with E-state index in [1.165, 1.54) is 17.1 Å². The van der Waals surface area contributed by atoms with Gasteiger partial charge in [0.1, 0.15) is 4.90 Å². The molecule has 1 aromatic rings. The van der Waals surface area contributed by atoms with Gasteiger partial charge in [0.2, 0.25) is 10.0 Å². The smallest absolute Gasteiger partial charge is 0.243 e. The van der Waals surface area contributed by atoms with Crippen LogP contribution in [0, 0.1) is 0 Å². The Labute approximate surface area is 114 Å². The zero-order valence-electron chi connectivity index (χ0n) is 11.5. The van der Waals surface area contributed by atoms with Crippen molar-refractivity contribution in [1.29, 1.82) is 0 Å². The SMILES string of the molecule is CCNC1CCC(NS(=O)(=O)c2cnn(C)c2)CC1. The molecule has 0 spiro atoms. The first kappa shape index (κ1) is 14.5. The van der Waals surface area contributed by atoms with Crippen LogP contribution in [0.3, 0.4) is 0 Å². The van der Waals surface area contributed by atoms with E-state index in [9.17, 15) is 8.42 Å². The van der Waals surface area contributed by atoms with Crippen LogP contribution in [0.5, 0.6) is 0 Å². The molecule has 1 saturated carbocycles. The van der Waals surface area contributed by atoms with Crippen LogP contribution in [0.4, 0.5) is 0 Å². The predicted octanol–water partition coefficient (Wildman–Crippen LogP) is 0.619. The monoisotopic (exact) mass is 286 g/mol. The fourth-order valence-corrected chi connectivity index (χ4v) is 3.82.